The molecule has 0 unspecified atom stereocenters. The Balaban J connectivity index is 1.76. The lowest BCUT2D eigenvalue weighted by Gasteiger charge is -2.04. The quantitative estimate of drug-likeness (QED) is 0.470. The number of esters is 1. The van der Waals surface area contributed by atoms with E-state index in [2.05, 4.69) is 4.98 Å². The fraction of sp³-hybridized carbons (Fsp3) is 0.294. The van der Waals surface area contributed by atoms with Crippen LogP contribution in [0.25, 0.3) is 10.2 Å². The van der Waals surface area contributed by atoms with Crippen LogP contribution in [-0.4, -0.2) is 23.3 Å². The maximum atomic E-state index is 11.7. The van der Waals surface area contributed by atoms with Crippen molar-refractivity contribution in [2.24, 2.45) is 5.73 Å². The topological polar surface area (TPSA) is 106 Å². The number of benzene rings is 1. The molecule has 1 aromatic carbocycles. The average Bonchev–Trinajstić information content (AvgIpc) is 2.96. The molecule has 1 aromatic heterocycles. The molecule has 0 atom stereocenters. The highest BCUT2D eigenvalue weighted by Gasteiger charge is 2.14. The number of rotatable bonds is 7. The highest BCUT2D eigenvalue weighted by molar-refractivity contribution is 7.18. The number of ether oxygens (including phenoxy) is 1. The molecule has 7 heteroatoms. The van der Waals surface area contributed by atoms with E-state index >= 15 is 0 Å². The van der Waals surface area contributed by atoms with Gasteiger partial charge in [0.2, 0.25) is 5.78 Å². The van der Waals surface area contributed by atoms with Crippen LogP contribution in [0.5, 0.6) is 0 Å². The third-order valence-electron chi connectivity index (χ3n) is 3.26. The molecule has 2 aromatic rings. The van der Waals surface area contributed by atoms with E-state index in [0.717, 1.165) is 15.2 Å². The van der Waals surface area contributed by atoms with Gasteiger partial charge in [0.25, 0.3) is 0 Å². The summed E-state index contributed by atoms with van der Waals surface area (Å²) in [7, 11) is 0. The molecule has 0 aliphatic rings. The molecule has 1 heterocycles. The van der Waals surface area contributed by atoms with Crippen LogP contribution in [0.3, 0.4) is 0 Å². The van der Waals surface area contributed by atoms with E-state index in [1.165, 1.54) is 6.92 Å². The summed E-state index contributed by atoms with van der Waals surface area (Å²) in [6.45, 7) is 0.994. The second-order valence-electron chi connectivity index (χ2n) is 5.18. The number of fused-ring (bicyclic) bond motifs is 1. The zero-order chi connectivity index (χ0) is 17.5. The van der Waals surface area contributed by atoms with Crippen molar-refractivity contribution in [3.05, 3.63) is 40.5 Å². The molecular formula is C17H17N3O3S. The smallest absolute Gasteiger partial charge is 0.306 e. The van der Waals surface area contributed by atoms with Gasteiger partial charge in [0.15, 0.2) is 6.61 Å². The fourth-order valence-corrected chi connectivity index (χ4v) is 3.08. The van der Waals surface area contributed by atoms with Gasteiger partial charge in [-0.3, -0.25) is 9.59 Å². The van der Waals surface area contributed by atoms with Crippen LogP contribution >= 0.6 is 11.3 Å². The minimum absolute atomic E-state index is 0.120. The Bertz CT molecular complexity index is 796. The molecule has 0 bridgehead atoms. The highest BCUT2D eigenvalue weighted by Crippen LogP contribution is 2.22. The molecule has 0 amide bonds. The van der Waals surface area contributed by atoms with Crippen molar-refractivity contribution in [1.82, 2.24) is 4.98 Å². The van der Waals surface area contributed by atoms with Gasteiger partial charge in [0.05, 0.1) is 15.2 Å². The van der Waals surface area contributed by atoms with E-state index < -0.39 is 18.4 Å². The summed E-state index contributed by atoms with van der Waals surface area (Å²) in [5.41, 5.74) is 6.33. The second kappa shape index (κ2) is 8.22. The van der Waals surface area contributed by atoms with E-state index in [1.807, 2.05) is 24.3 Å². The standard InChI is InChI=1S/C17H17N3O3S/c1-11(19)12(9-18)14(21)10-23-17(22)8-4-7-16-20-13-5-2-3-6-15(13)24-16/h2-3,5-6H,4,7-8,10,19H2,1H3. The molecule has 2 rings (SSSR count). The van der Waals surface area contributed by atoms with Crippen LogP contribution in [0.2, 0.25) is 0 Å². The van der Waals surface area contributed by atoms with Crippen molar-refractivity contribution in [2.45, 2.75) is 26.2 Å². The zero-order valence-electron chi connectivity index (χ0n) is 13.2. The molecule has 124 valence electrons. The Morgan fingerprint density at radius 3 is 2.79 bits per heavy atom. The minimum atomic E-state index is -0.586. The number of ketones is 1. The van der Waals surface area contributed by atoms with Gasteiger partial charge in [-0.2, -0.15) is 5.26 Å². The van der Waals surface area contributed by atoms with Gasteiger partial charge in [-0.05, 0) is 31.9 Å². The molecule has 0 aliphatic heterocycles. The number of carbonyl (C=O) groups excluding carboxylic acids is 2. The normalized spacial score (nSPS) is 11.7. The van der Waals surface area contributed by atoms with Crippen molar-refractivity contribution in [2.75, 3.05) is 6.61 Å². The Hall–Kier alpha value is -2.72. The number of aryl methyl sites for hydroxylation is 1. The third-order valence-corrected chi connectivity index (χ3v) is 4.36. The summed E-state index contributed by atoms with van der Waals surface area (Å²) in [6.07, 6.45) is 1.45. The van der Waals surface area contributed by atoms with Crippen molar-refractivity contribution in [1.29, 1.82) is 5.26 Å². The number of para-hydroxylation sites is 1. The molecule has 0 saturated heterocycles. The van der Waals surface area contributed by atoms with Crippen LogP contribution in [0.1, 0.15) is 24.8 Å². The first-order valence-electron chi connectivity index (χ1n) is 7.41. The van der Waals surface area contributed by atoms with Crippen LogP contribution in [0, 0.1) is 11.3 Å². The molecule has 24 heavy (non-hydrogen) atoms. The molecular weight excluding hydrogens is 326 g/mol. The number of nitrogens with zero attached hydrogens (tertiary/aromatic N) is 2. The number of nitrogens with two attached hydrogens (primary N) is 1. The number of hydrogen-bond acceptors (Lipinski definition) is 7. The van der Waals surface area contributed by atoms with Crippen LogP contribution < -0.4 is 5.73 Å². The number of carbonyl (C=O) groups is 2. The zero-order valence-corrected chi connectivity index (χ0v) is 14.1. The molecule has 0 saturated carbocycles. The summed E-state index contributed by atoms with van der Waals surface area (Å²) in [5, 5.41) is 9.77. The van der Waals surface area contributed by atoms with Gasteiger partial charge in [0.1, 0.15) is 11.6 Å². The predicted octanol–water partition coefficient (Wildman–Crippen LogP) is 2.49. The Morgan fingerprint density at radius 1 is 1.38 bits per heavy atom. The number of nitriles is 1. The summed E-state index contributed by atoms with van der Waals surface area (Å²) in [4.78, 5) is 27.8. The number of hydrogen-bond donors (Lipinski definition) is 1. The molecule has 2 N–H and O–H groups in total. The number of aromatic nitrogens is 1. The van der Waals surface area contributed by atoms with Crippen LogP contribution in [0.15, 0.2) is 35.5 Å². The summed E-state index contributed by atoms with van der Waals surface area (Å²) in [5.74, 6) is -1.06. The van der Waals surface area contributed by atoms with Gasteiger partial charge in [-0.1, -0.05) is 12.1 Å². The van der Waals surface area contributed by atoms with Gasteiger partial charge in [0, 0.05) is 12.1 Å². The Labute approximate surface area is 143 Å². The van der Waals surface area contributed by atoms with Crippen LogP contribution in [-0.2, 0) is 20.7 Å². The first-order valence-corrected chi connectivity index (χ1v) is 8.22. The lowest BCUT2D eigenvalue weighted by atomic mass is 10.1. The van der Waals surface area contributed by atoms with Gasteiger partial charge in [-0.25, -0.2) is 4.98 Å². The van der Waals surface area contributed by atoms with E-state index in [0.29, 0.717) is 12.8 Å². The van der Waals surface area contributed by atoms with E-state index in [1.54, 1.807) is 17.4 Å². The number of thiazole rings is 1. The maximum absolute atomic E-state index is 11.7. The first kappa shape index (κ1) is 17.6. The Morgan fingerprint density at radius 2 is 2.12 bits per heavy atom. The van der Waals surface area contributed by atoms with Gasteiger partial charge < -0.3 is 10.5 Å². The van der Waals surface area contributed by atoms with E-state index in [4.69, 9.17) is 15.7 Å². The molecule has 0 fully saturated rings. The SMILES string of the molecule is CC(N)=C(C#N)C(=O)COC(=O)CCCc1nc2ccccc2s1. The van der Waals surface area contributed by atoms with Crippen molar-refractivity contribution in [3.8, 4) is 6.07 Å². The monoisotopic (exact) mass is 343 g/mol. The molecule has 0 aliphatic carbocycles. The van der Waals surface area contributed by atoms with Crippen molar-refractivity contribution < 1.29 is 14.3 Å². The van der Waals surface area contributed by atoms with Crippen LogP contribution in [0.4, 0.5) is 0 Å². The third kappa shape index (κ3) is 4.64. The molecule has 0 radical (unpaired) electrons. The number of Topliss-reactive ketones (excluding diaryl/α,β-unsaturated/α-hetero) is 1. The summed E-state index contributed by atoms with van der Waals surface area (Å²) < 4.78 is 6.01. The maximum Gasteiger partial charge on any atom is 0.306 e. The largest absolute Gasteiger partial charge is 0.457 e. The Kier molecular flexibility index (Phi) is 6.04. The van der Waals surface area contributed by atoms with E-state index in [-0.39, 0.29) is 17.7 Å². The van der Waals surface area contributed by atoms with Gasteiger partial charge >= 0.3 is 5.97 Å². The highest BCUT2D eigenvalue weighted by atomic mass is 32.1. The van der Waals surface area contributed by atoms with Crippen molar-refractivity contribution in [3.63, 3.8) is 0 Å². The van der Waals surface area contributed by atoms with E-state index in [9.17, 15) is 9.59 Å². The lowest BCUT2D eigenvalue weighted by molar-refractivity contribution is -0.147. The number of allylic oxidation sites excluding steroid dienone is 1. The van der Waals surface area contributed by atoms with Gasteiger partial charge in [-0.15, -0.1) is 11.3 Å². The minimum Gasteiger partial charge on any atom is -0.457 e. The van der Waals surface area contributed by atoms with Crippen molar-refractivity contribution >= 4 is 33.3 Å². The summed E-state index contributed by atoms with van der Waals surface area (Å²) in [6, 6.07) is 9.57. The molecule has 0 spiro atoms. The average molecular weight is 343 g/mol. The first-order chi connectivity index (χ1) is 11.5. The second-order valence-corrected chi connectivity index (χ2v) is 6.30. The predicted molar refractivity (Wildman–Crippen MR) is 91.0 cm³/mol. The summed E-state index contributed by atoms with van der Waals surface area (Å²) >= 11 is 1.60. The molecule has 6 nitrogen and oxygen atoms in total. The fourth-order valence-electron chi connectivity index (χ4n) is 2.07. The lowest BCUT2D eigenvalue weighted by Crippen LogP contribution is -2.17.